The summed E-state index contributed by atoms with van der Waals surface area (Å²) in [5.74, 6) is -1.94. The van der Waals surface area contributed by atoms with Crippen LogP contribution in [-0.2, 0) is 4.79 Å². The third-order valence-electron chi connectivity index (χ3n) is 5.98. The lowest BCUT2D eigenvalue weighted by molar-refractivity contribution is -0.307. The number of nitrogens with zero attached hydrogens (tertiary/aromatic N) is 1. The Morgan fingerprint density at radius 1 is 1.03 bits per heavy atom. The molecule has 0 bridgehead atoms. The van der Waals surface area contributed by atoms with Crippen LogP contribution in [0.5, 0.6) is 0 Å². The predicted molar refractivity (Wildman–Crippen MR) is 116 cm³/mol. The van der Waals surface area contributed by atoms with Crippen LogP contribution in [0.4, 0.5) is 0 Å². The van der Waals surface area contributed by atoms with Gasteiger partial charge in [-0.05, 0) is 61.9 Å². The monoisotopic (exact) mass is 404 g/mol. The second-order valence-corrected chi connectivity index (χ2v) is 8.01. The molecule has 156 valence electrons. The Morgan fingerprint density at radius 3 is 2.60 bits per heavy atom. The Hall–Kier alpha value is -3.08. The molecule has 5 heteroatoms. The molecule has 0 spiro atoms. The van der Waals surface area contributed by atoms with Crippen LogP contribution in [0.3, 0.4) is 0 Å². The largest absolute Gasteiger partial charge is 0.550 e. The third-order valence-corrected chi connectivity index (χ3v) is 5.98. The summed E-state index contributed by atoms with van der Waals surface area (Å²) in [6.45, 7) is 4.18. The molecular formula is C25H26NO4-. The maximum atomic E-state index is 12.4. The lowest BCUT2D eigenvalue weighted by Crippen LogP contribution is -2.30. The number of carboxylic acid groups (broad SMARTS) is 1. The van der Waals surface area contributed by atoms with Gasteiger partial charge in [0.1, 0.15) is 11.2 Å². The molecule has 1 fully saturated rings. The molecular weight excluding hydrogens is 378 g/mol. The number of fused-ring (bicyclic) bond motifs is 3. The average Bonchev–Trinajstić information content (AvgIpc) is 2.79. The summed E-state index contributed by atoms with van der Waals surface area (Å²) < 4.78 is 5.66. The second-order valence-electron chi connectivity index (χ2n) is 8.01. The smallest absolute Gasteiger partial charge is 0.200 e. The van der Waals surface area contributed by atoms with E-state index in [1.54, 1.807) is 48.2 Å². The van der Waals surface area contributed by atoms with E-state index in [9.17, 15) is 14.7 Å². The lowest BCUT2D eigenvalue weighted by Gasteiger charge is -2.34. The fourth-order valence-electron chi connectivity index (χ4n) is 4.17. The number of benzene rings is 2. The Morgan fingerprint density at radius 2 is 1.80 bits per heavy atom. The van der Waals surface area contributed by atoms with Crippen molar-refractivity contribution in [3.8, 4) is 0 Å². The first-order valence-electron chi connectivity index (χ1n) is 10.6. The Balaban J connectivity index is 0.000000181. The number of aliphatic carboxylic acids is 1. The van der Waals surface area contributed by atoms with E-state index in [4.69, 9.17) is 4.42 Å². The minimum Gasteiger partial charge on any atom is -0.550 e. The van der Waals surface area contributed by atoms with E-state index in [0.29, 0.717) is 27.5 Å². The number of carbonyl (C=O) groups is 1. The molecule has 5 nitrogen and oxygen atoms in total. The molecule has 0 saturated carbocycles. The molecule has 1 atom stereocenters. The molecule has 0 amide bonds. The van der Waals surface area contributed by atoms with E-state index in [1.807, 2.05) is 0 Å². The third kappa shape index (κ3) is 4.11. The van der Waals surface area contributed by atoms with Crippen molar-refractivity contribution < 1.29 is 14.3 Å². The van der Waals surface area contributed by atoms with Crippen LogP contribution in [0.15, 0.2) is 63.4 Å². The van der Waals surface area contributed by atoms with E-state index in [0.717, 1.165) is 0 Å². The van der Waals surface area contributed by atoms with Gasteiger partial charge in [-0.2, -0.15) is 0 Å². The number of allylic oxidation sites excluding steroid dienone is 2. The van der Waals surface area contributed by atoms with Crippen molar-refractivity contribution in [1.29, 1.82) is 0 Å². The van der Waals surface area contributed by atoms with Gasteiger partial charge >= 0.3 is 0 Å². The zero-order chi connectivity index (χ0) is 21.1. The molecule has 1 aromatic heterocycles. The Bertz CT molecular complexity index is 1160. The minimum absolute atomic E-state index is 0.158. The van der Waals surface area contributed by atoms with E-state index in [-0.39, 0.29) is 5.43 Å². The van der Waals surface area contributed by atoms with Crippen molar-refractivity contribution >= 4 is 27.9 Å². The van der Waals surface area contributed by atoms with Crippen molar-refractivity contribution in [2.24, 2.45) is 0 Å². The van der Waals surface area contributed by atoms with Crippen LogP contribution >= 0.6 is 0 Å². The predicted octanol–water partition coefficient (Wildman–Crippen LogP) is 3.95. The van der Waals surface area contributed by atoms with Crippen molar-refractivity contribution in [3.05, 3.63) is 70.0 Å². The van der Waals surface area contributed by atoms with E-state index < -0.39 is 11.9 Å². The SMILES string of the molecule is C1=C2CCCCN2CCC1.CC(C(=O)[O-])c1ccc2oc3ccccc3c(=O)c2c1. The van der Waals surface area contributed by atoms with Crippen LogP contribution in [-0.4, -0.2) is 24.0 Å². The standard InChI is InChI=1S/C16H12O4.C9H15N/c1-9(16(18)19)10-6-7-14-12(8-10)15(17)11-4-2-3-5-13(11)20-14;1-3-7-10-8-4-2-6-9(10)5-1/h2-9H,1H3,(H,18,19);5H,1-4,6-8H2/p-1. The van der Waals surface area contributed by atoms with Gasteiger partial charge in [0, 0.05) is 30.7 Å². The minimum atomic E-state index is -1.17. The fraction of sp³-hybridized carbons (Fsp3) is 0.360. The molecule has 3 aromatic rings. The number of rotatable bonds is 2. The summed E-state index contributed by atoms with van der Waals surface area (Å²) in [5.41, 5.74) is 2.97. The molecule has 1 saturated heterocycles. The highest BCUT2D eigenvalue weighted by Crippen LogP contribution is 2.25. The van der Waals surface area contributed by atoms with Crippen LogP contribution in [0.1, 0.15) is 50.5 Å². The van der Waals surface area contributed by atoms with Gasteiger partial charge in [-0.25, -0.2) is 0 Å². The highest BCUT2D eigenvalue weighted by atomic mass is 16.4. The van der Waals surface area contributed by atoms with E-state index in [1.165, 1.54) is 52.1 Å². The number of hydrogen-bond acceptors (Lipinski definition) is 5. The fourth-order valence-corrected chi connectivity index (χ4v) is 4.17. The first-order chi connectivity index (χ1) is 14.5. The van der Waals surface area contributed by atoms with Gasteiger partial charge in [-0.15, -0.1) is 0 Å². The van der Waals surface area contributed by atoms with Crippen molar-refractivity contribution in [1.82, 2.24) is 4.90 Å². The van der Waals surface area contributed by atoms with Crippen molar-refractivity contribution in [3.63, 3.8) is 0 Å². The summed E-state index contributed by atoms with van der Waals surface area (Å²) in [6, 6.07) is 11.8. The Labute approximate surface area is 175 Å². The van der Waals surface area contributed by atoms with Crippen molar-refractivity contribution in [2.45, 2.75) is 44.9 Å². The first kappa shape index (κ1) is 20.2. The molecule has 5 rings (SSSR count). The van der Waals surface area contributed by atoms with Crippen LogP contribution in [0, 0.1) is 0 Å². The molecule has 0 radical (unpaired) electrons. The summed E-state index contributed by atoms with van der Waals surface area (Å²) >= 11 is 0. The zero-order valence-electron chi connectivity index (χ0n) is 17.2. The van der Waals surface area contributed by atoms with Gasteiger partial charge in [0.05, 0.1) is 10.8 Å². The number of para-hydroxylation sites is 1. The van der Waals surface area contributed by atoms with Gasteiger partial charge in [0.15, 0.2) is 0 Å². The van der Waals surface area contributed by atoms with Crippen molar-refractivity contribution in [2.75, 3.05) is 13.1 Å². The van der Waals surface area contributed by atoms with Crippen LogP contribution in [0.25, 0.3) is 21.9 Å². The molecule has 0 N–H and O–H groups in total. The second kappa shape index (κ2) is 8.74. The van der Waals surface area contributed by atoms with Crippen LogP contribution in [0.2, 0.25) is 0 Å². The molecule has 30 heavy (non-hydrogen) atoms. The van der Waals surface area contributed by atoms with Gasteiger partial charge in [-0.1, -0.05) is 31.2 Å². The molecule has 2 aliphatic rings. The summed E-state index contributed by atoms with van der Waals surface area (Å²) in [5, 5.41) is 11.8. The molecule has 3 heterocycles. The zero-order valence-corrected chi connectivity index (χ0v) is 17.2. The number of carbonyl (C=O) groups excluding carboxylic acids is 1. The van der Waals surface area contributed by atoms with Gasteiger partial charge in [0.25, 0.3) is 0 Å². The molecule has 2 aliphatic heterocycles. The highest BCUT2D eigenvalue weighted by Gasteiger charge is 2.16. The normalized spacial score (nSPS) is 17.0. The average molecular weight is 404 g/mol. The number of hydrogen-bond donors (Lipinski definition) is 0. The van der Waals surface area contributed by atoms with E-state index >= 15 is 0 Å². The van der Waals surface area contributed by atoms with Gasteiger partial charge < -0.3 is 19.2 Å². The topological polar surface area (TPSA) is 73.6 Å². The van der Waals surface area contributed by atoms with Crippen LogP contribution < -0.4 is 10.5 Å². The molecule has 0 aliphatic carbocycles. The molecule has 1 unspecified atom stereocenters. The van der Waals surface area contributed by atoms with Gasteiger partial charge in [0.2, 0.25) is 5.43 Å². The number of carboxylic acids is 1. The maximum Gasteiger partial charge on any atom is 0.200 e. The molecule has 2 aromatic carbocycles. The summed E-state index contributed by atoms with van der Waals surface area (Å²) in [6.07, 6.45) is 9.32. The Kier molecular flexibility index (Phi) is 5.88. The van der Waals surface area contributed by atoms with E-state index in [2.05, 4.69) is 11.0 Å². The summed E-state index contributed by atoms with van der Waals surface area (Å²) in [4.78, 5) is 25.9. The maximum absolute atomic E-state index is 12.4. The quantitative estimate of drug-likeness (QED) is 0.605. The lowest BCUT2D eigenvalue weighted by atomic mass is 9.99. The highest BCUT2D eigenvalue weighted by molar-refractivity contribution is 5.90. The van der Waals surface area contributed by atoms with Gasteiger partial charge in [-0.3, -0.25) is 4.79 Å². The number of piperidine rings is 1. The summed E-state index contributed by atoms with van der Waals surface area (Å²) in [7, 11) is 0. The first-order valence-corrected chi connectivity index (χ1v) is 10.6.